The van der Waals surface area contributed by atoms with Gasteiger partial charge in [-0.3, -0.25) is 0 Å². The molecule has 1 saturated heterocycles. The lowest BCUT2D eigenvalue weighted by molar-refractivity contribution is 0.227. The number of hydrogen-bond donors (Lipinski definition) is 2. The molecule has 0 bridgehead atoms. The fraction of sp³-hybridized carbons (Fsp3) is 0.538. The lowest BCUT2D eigenvalue weighted by Gasteiger charge is -2.33. The van der Waals surface area contributed by atoms with Gasteiger partial charge >= 0.3 is 0 Å². The van der Waals surface area contributed by atoms with Crippen LogP contribution in [0.2, 0.25) is 0 Å². The van der Waals surface area contributed by atoms with E-state index >= 15 is 0 Å². The summed E-state index contributed by atoms with van der Waals surface area (Å²) < 4.78 is 1.05. The lowest BCUT2D eigenvalue weighted by Crippen LogP contribution is -2.41. The van der Waals surface area contributed by atoms with E-state index in [0.29, 0.717) is 6.04 Å². The normalized spacial score (nSPS) is 21.4. The molecular weight excluding hydrogens is 278 g/mol. The van der Waals surface area contributed by atoms with Crippen LogP contribution >= 0.6 is 15.9 Å². The van der Waals surface area contributed by atoms with Crippen LogP contribution in [0.25, 0.3) is 0 Å². The number of anilines is 2. The van der Waals surface area contributed by atoms with E-state index in [-0.39, 0.29) is 0 Å². The molecule has 1 atom stereocenters. The molecular formula is C13H20BrN3. The molecule has 1 unspecified atom stereocenters. The number of rotatable bonds is 3. The summed E-state index contributed by atoms with van der Waals surface area (Å²) in [7, 11) is 0. The number of nitrogens with two attached hydrogens (primary N) is 1. The van der Waals surface area contributed by atoms with Gasteiger partial charge in [-0.25, -0.2) is 0 Å². The van der Waals surface area contributed by atoms with Crippen LogP contribution in [0.3, 0.4) is 0 Å². The Morgan fingerprint density at radius 2 is 2.35 bits per heavy atom. The quantitative estimate of drug-likeness (QED) is 0.843. The maximum atomic E-state index is 5.74. The average molecular weight is 298 g/mol. The van der Waals surface area contributed by atoms with Gasteiger partial charge in [0.25, 0.3) is 0 Å². The van der Waals surface area contributed by atoms with Crippen molar-refractivity contribution in [2.75, 3.05) is 30.7 Å². The van der Waals surface area contributed by atoms with Gasteiger partial charge < -0.3 is 16.0 Å². The molecule has 2 rings (SSSR count). The third kappa shape index (κ3) is 3.36. The summed E-state index contributed by atoms with van der Waals surface area (Å²) in [6.45, 7) is 5.73. The van der Waals surface area contributed by atoms with Gasteiger partial charge in [0.15, 0.2) is 0 Å². The third-order valence-corrected chi connectivity index (χ3v) is 3.96. The molecule has 1 aliphatic heterocycles. The Labute approximate surface area is 111 Å². The molecule has 3 N–H and O–H groups in total. The summed E-state index contributed by atoms with van der Waals surface area (Å²) in [5.74, 6) is 0. The number of piperidine rings is 1. The van der Waals surface area contributed by atoms with Crippen molar-refractivity contribution in [3.63, 3.8) is 0 Å². The number of likely N-dealkylation sites (tertiary alicyclic amines) is 1. The molecule has 0 aromatic heterocycles. The number of nitrogens with zero attached hydrogens (tertiary/aromatic N) is 1. The zero-order chi connectivity index (χ0) is 12.3. The third-order valence-electron chi connectivity index (χ3n) is 3.31. The number of nitrogens with one attached hydrogen (secondary N) is 1. The number of benzene rings is 1. The van der Waals surface area contributed by atoms with Crippen LogP contribution in [0.4, 0.5) is 11.4 Å². The maximum absolute atomic E-state index is 5.74. The van der Waals surface area contributed by atoms with Crippen LogP contribution in [0.15, 0.2) is 22.7 Å². The van der Waals surface area contributed by atoms with Gasteiger partial charge in [0, 0.05) is 28.4 Å². The van der Waals surface area contributed by atoms with Gasteiger partial charge in [0.1, 0.15) is 0 Å². The number of nitrogen functional groups attached to an aromatic ring is 1. The molecule has 1 fully saturated rings. The highest BCUT2D eigenvalue weighted by atomic mass is 79.9. The van der Waals surface area contributed by atoms with Crippen molar-refractivity contribution >= 4 is 27.3 Å². The number of halogens is 1. The summed E-state index contributed by atoms with van der Waals surface area (Å²) in [5, 5.41) is 3.60. The lowest BCUT2D eigenvalue weighted by atomic mass is 10.1. The highest BCUT2D eigenvalue weighted by Crippen LogP contribution is 2.26. The molecule has 94 valence electrons. The average Bonchev–Trinajstić information content (AvgIpc) is 2.33. The standard InChI is InChI=1S/C13H20BrN3/c1-2-17-7-3-4-11(9-17)16-13-6-5-10(15)8-12(13)14/h5-6,8,11,16H,2-4,7,9,15H2,1H3. The second-order valence-corrected chi connectivity index (χ2v) is 5.47. The van der Waals surface area contributed by atoms with Gasteiger partial charge in [-0.15, -0.1) is 0 Å². The molecule has 0 spiro atoms. The second kappa shape index (κ2) is 5.74. The van der Waals surface area contributed by atoms with E-state index < -0.39 is 0 Å². The second-order valence-electron chi connectivity index (χ2n) is 4.62. The Morgan fingerprint density at radius 1 is 1.53 bits per heavy atom. The minimum atomic E-state index is 0.545. The highest BCUT2D eigenvalue weighted by molar-refractivity contribution is 9.10. The summed E-state index contributed by atoms with van der Waals surface area (Å²) in [6.07, 6.45) is 2.52. The minimum absolute atomic E-state index is 0.545. The first-order valence-electron chi connectivity index (χ1n) is 6.23. The molecule has 0 radical (unpaired) electrons. The summed E-state index contributed by atoms with van der Waals surface area (Å²) >= 11 is 3.55. The van der Waals surface area contributed by atoms with Crippen LogP contribution in [-0.2, 0) is 0 Å². The molecule has 1 heterocycles. The number of likely N-dealkylation sites (N-methyl/N-ethyl adjacent to an activating group) is 1. The summed E-state index contributed by atoms with van der Waals surface area (Å²) in [5.41, 5.74) is 7.67. The van der Waals surface area contributed by atoms with Gasteiger partial charge in [-0.1, -0.05) is 6.92 Å². The molecule has 4 heteroatoms. The molecule has 1 aromatic carbocycles. The summed E-state index contributed by atoms with van der Waals surface area (Å²) in [6, 6.07) is 6.48. The Morgan fingerprint density at radius 3 is 3.06 bits per heavy atom. The zero-order valence-electron chi connectivity index (χ0n) is 10.2. The van der Waals surface area contributed by atoms with E-state index in [2.05, 4.69) is 33.1 Å². The summed E-state index contributed by atoms with van der Waals surface area (Å²) in [4.78, 5) is 2.49. The smallest absolute Gasteiger partial charge is 0.0488 e. The van der Waals surface area contributed by atoms with E-state index in [1.54, 1.807) is 0 Å². The molecule has 3 nitrogen and oxygen atoms in total. The molecule has 0 aliphatic carbocycles. The molecule has 0 saturated carbocycles. The minimum Gasteiger partial charge on any atom is -0.399 e. The monoisotopic (exact) mass is 297 g/mol. The van der Waals surface area contributed by atoms with E-state index in [0.717, 1.165) is 28.9 Å². The van der Waals surface area contributed by atoms with Gasteiger partial charge in [0.2, 0.25) is 0 Å². The topological polar surface area (TPSA) is 41.3 Å². The van der Waals surface area contributed by atoms with Crippen molar-refractivity contribution < 1.29 is 0 Å². The van der Waals surface area contributed by atoms with E-state index in [1.165, 1.54) is 19.4 Å². The van der Waals surface area contributed by atoms with Crippen LogP contribution in [0.5, 0.6) is 0 Å². The van der Waals surface area contributed by atoms with E-state index in [9.17, 15) is 0 Å². The van der Waals surface area contributed by atoms with Crippen molar-refractivity contribution in [2.24, 2.45) is 0 Å². The predicted octanol–water partition coefficient (Wildman–Crippen LogP) is 2.93. The molecule has 1 aliphatic rings. The molecule has 0 amide bonds. The van der Waals surface area contributed by atoms with Gasteiger partial charge in [-0.05, 0) is 60.1 Å². The highest BCUT2D eigenvalue weighted by Gasteiger charge is 2.18. The van der Waals surface area contributed by atoms with Crippen LogP contribution in [0, 0.1) is 0 Å². The first-order valence-corrected chi connectivity index (χ1v) is 7.02. The number of hydrogen-bond acceptors (Lipinski definition) is 3. The van der Waals surface area contributed by atoms with Crippen LogP contribution < -0.4 is 11.1 Å². The van der Waals surface area contributed by atoms with Crippen molar-refractivity contribution in [1.82, 2.24) is 4.90 Å². The Balaban J connectivity index is 2.00. The fourth-order valence-electron chi connectivity index (χ4n) is 2.33. The Bertz CT molecular complexity index is 381. The van der Waals surface area contributed by atoms with Gasteiger partial charge in [0.05, 0.1) is 0 Å². The zero-order valence-corrected chi connectivity index (χ0v) is 11.8. The van der Waals surface area contributed by atoms with Crippen LogP contribution in [0.1, 0.15) is 19.8 Å². The predicted molar refractivity (Wildman–Crippen MR) is 77.3 cm³/mol. The van der Waals surface area contributed by atoms with E-state index in [1.807, 2.05) is 18.2 Å². The largest absolute Gasteiger partial charge is 0.399 e. The first-order chi connectivity index (χ1) is 8.19. The van der Waals surface area contributed by atoms with Crippen molar-refractivity contribution in [3.05, 3.63) is 22.7 Å². The molecule has 1 aromatic rings. The van der Waals surface area contributed by atoms with Crippen molar-refractivity contribution in [3.8, 4) is 0 Å². The first kappa shape index (κ1) is 12.7. The van der Waals surface area contributed by atoms with E-state index in [4.69, 9.17) is 5.73 Å². The fourth-order valence-corrected chi connectivity index (χ4v) is 2.84. The Kier molecular flexibility index (Phi) is 4.29. The maximum Gasteiger partial charge on any atom is 0.0488 e. The SMILES string of the molecule is CCN1CCCC(Nc2ccc(N)cc2Br)C1. The molecule has 17 heavy (non-hydrogen) atoms. The van der Waals surface area contributed by atoms with Gasteiger partial charge in [-0.2, -0.15) is 0 Å². The van der Waals surface area contributed by atoms with Crippen molar-refractivity contribution in [2.45, 2.75) is 25.8 Å². The van der Waals surface area contributed by atoms with Crippen LogP contribution in [-0.4, -0.2) is 30.6 Å². The Hall–Kier alpha value is -0.740. The van der Waals surface area contributed by atoms with Crippen molar-refractivity contribution in [1.29, 1.82) is 0 Å².